The Morgan fingerprint density at radius 2 is 1.94 bits per heavy atom. The molecule has 0 amide bonds. The molecule has 0 saturated carbocycles. The number of aromatic hydroxyl groups is 1. The normalized spacial score (nSPS) is 12.0. The third-order valence-electron chi connectivity index (χ3n) is 2.25. The van der Waals surface area contributed by atoms with Crippen molar-refractivity contribution in [3.63, 3.8) is 0 Å². The van der Waals surface area contributed by atoms with E-state index < -0.39 is 11.7 Å². The van der Waals surface area contributed by atoms with Gasteiger partial charge in [-0.2, -0.15) is 13.2 Å². The van der Waals surface area contributed by atoms with Crippen molar-refractivity contribution in [3.8, 4) is 5.75 Å². The van der Waals surface area contributed by atoms with Crippen LogP contribution in [0.4, 0.5) is 13.2 Å². The number of rotatable bonds is 0. The molecule has 2 rings (SSSR count). The molecule has 2 nitrogen and oxygen atoms in total. The first-order valence-electron chi connectivity index (χ1n) is 4.56. The smallest absolute Gasteiger partial charge is 0.417 e. The fourth-order valence-electron chi connectivity index (χ4n) is 1.60. The number of halogens is 3. The molecule has 84 valence electrons. The number of aryl methyl sites for hydroxylation is 1. The summed E-state index contributed by atoms with van der Waals surface area (Å²) in [5.74, 6) is -0.244. The first-order chi connectivity index (χ1) is 7.39. The Morgan fingerprint density at radius 3 is 2.56 bits per heavy atom. The number of fused-ring (bicyclic) bond motifs is 1. The Morgan fingerprint density at radius 1 is 1.25 bits per heavy atom. The molecular weight excluding hydrogens is 219 g/mol. The van der Waals surface area contributed by atoms with Crippen LogP contribution >= 0.6 is 0 Å². The first-order valence-corrected chi connectivity index (χ1v) is 4.56. The molecule has 0 unspecified atom stereocenters. The summed E-state index contributed by atoms with van der Waals surface area (Å²) < 4.78 is 38.2. The predicted octanol–water partition coefficient (Wildman–Crippen LogP) is 3.27. The lowest BCUT2D eigenvalue weighted by Crippen LogP contribution is -2.07. The molecule has 2 aromatic rings. The highest BCUT2D eigenvalue weighted by molar-refractivity contribution is 5.87. The van der Waals surface area contributed by atoms with Crippen molar-refractivity contribution in [1.29, 1.82) is 0 Å². The third kappa shape index (κ3) is 1.68. The van der Waals surface area contributed by atoms with Crippen molar-refractivity contribution in [2.24, 2.45) is 0 Å². The van der Waals surface area contributed by atoms with Crippen LogP contribution in [0.25, 0.3) is 10.9 Å². The largest absolute Gasteiger partial charge is 0.506 e. The third-order valence-corrected chi connectivity index (χ3v) is 2.25. The van der Waals surface area contributed by atoms with Crippen LogP contribution in [0.2, 0.25) is 0 Å². The minimum Gasteiger partial charge on any atom is -0.506 e. The summed E-state index contributed by atoms with van der Waals surface area (Å²) in [7, 11) is 0. The minimum absolute atomic E-state index is 0.0187. The Kier molecular flexibility index (Phi) is 2.26. The van der Waals surface area contributed by atoms with Gasteiger partial charge in [0, 0.05) is 11.1 Å². The summed E-state index contributed by atoms with van der Waals surface area (Å²) in [5.41, 5.74) is -0.568. The van der Waals surface area contributed by atoms with Crippen LogP contribution in [0, 0.1) is 6.92 Å². The van der Waals surface area contributed by atoms with Gasteiger partial charge in [0.05, 0.1) is 5.56 Å². The van der Waals surface area contributed by atoms with Crippen LogP contribution in [0.1, 0.15) is 11.3 Å². The standard InChI is InChI=1S/C11H8F3NO/c1-6-5-8(11(12,13)14)7-3-2-4-9(16)10(7)15-6/h2-5,16H,1H3. The summed E-state index contributed by atoms with van der Waals surface area (Å²) in [4.78, 5) is 3.90. The molecule has 5 heteroatoms. The molecule has 0 aliphatic rings. The second-order valence-corrected chi connectivity index (χ2v) is 3.48. The molecule has 0 spiro atoms. The molecule has 0 atom stereocenters. The van der Waals surface area contributed by atoms with Crippen LogP contribution in [-0.2, 0) is 6.18 Å². The van der Waals surface area contributed by atoms with Gasteiger partial charge in [0.2, 0.25) is 0 Å². The number of pyridine rings is 1. The molecule has 16 heavy (non-hydrogen) atoms. The average molecular weight is 227 g/mol. The molecule has 1 aromatic heterocycles. The van der Waals surface area contributed by atoms with E-state index in [0.29, 0.717) is 0 Å². The van der Waals surface area contributed by atoms with Gasteiger partial charge >= 0.3 is 6.18 Å². The fraction of sp³-hybridized carbons (Fsp3) is 0.182. The summed E-state index contributed by atoms with van der Waals surface area (Å²) >= 11 is 0. The monoisotopic (exact) mass is 227 g/mol. The number of phenols is 1. The molecule has 1 N–H and O–H groups in total. The number of benzene rings is 1. The van der Waals surface area contributed by atoms with Gasteiger partial charge in [-0.1, -0.05) is 12.1 Å². The fourth-order valence-corrected chi connectivity index (χ4v) is 1.60. The first kappa shape index (κ1) is 10.7. The van der Waals surface area contributed by atoms with Gasteiger partial charge in [0.15, 0.2) is 0 Å². The van der Waals surface area contributed by atoms with Crippen LogP contribution in [-0.4, -0.2) is 10.1 Å². The Labute approximate surface area is 89.4 Å². The number of hydrogen-bond donors (Lipinski definition) is 1. The zero-order chi connectivity index (χ0) is 11.9. The van der Waals surface area contributed by atoms with Crippen LogP contribution in [0.15, 0.2) is 24.3 Å². The minimum atomic E-state index is -4.44. The SMILES string of the molecule is Cc1cc(C(F)(F)F)c2cccc(O)c2n1. The van der Waals surface area contributed by atoms with Gasteiger partial charge in [0.1, 0.15) is 11.3 Å². The quantitative estimate of drug-likeness (QED) is 0.749. The predicted molar refractivity (Wildman–Crippen MR) is 53.1 cm³/mol. The molecule has 0 saturated heterocycles. The molecular formula is C11H8F3NO. The van der Waals surface area contributed by atoms with Gasteiger partial charge in [-0.25, -0.2) is 4.98 Å². The van der Waals surface area contributed by atoms with E-state index in [9.17, 15) is 18.3 Å². The molecule has 0 bridgehead atoms. The van der Waals surface area contributed by atoms with E-state index in [1.165, 1.54) is 25.1 Å². The Hall–Kier alpha value is -1.78. The summed E-state index contributed by atoms with van der Waals surface area (Å²) in [6, 6.07) is 4.95. The highest BCUT2D eigenvalue weighted by atomic mass is 19.4. The zero-order valence-electron chi connectivity index (χ0n) is 8.34. The van der Waals surface area contributed by atoms with E-state index >= 15 is 0 Å². The average Bonchev–Trinajstić information content (AvgIpc) is 2.17. The van der Waals surface area contributed by atoms with Gasteiger partial charge in [0.25, 0.3) is 0 Å². The maximum absolute atomic E-state index is 12.7. The highest BCUT2D eigenvalue weighted by Crippen LogP contribution is 2.36. The van der Waals surface area contributed by atoms with E-state index in [1.54, 1.807) is 0 Å². The number of alkyl halides is 3. The number of para-hydroxylation sites is 1. The highest BCUT2D eigenvalue weighted by Gasteiger charge is 2.33. The zero-order valence-corrected chi connectivity index (χ0v) is 8.34. The van der Waals surface area contributed by atoms with Crippen LogP contribution in [0.3, 0.4) is 0 Å². The van der Waals surface area contributed by atoms with Crippen molar-refractivity contribution in [2.75, 3.05) is 0 Å². The van der Waals surface area contributed by atoms with Crippen LogP contribution in [0.5, 0.6) is 5.75 Å². The molecule has 1 heterocycles. The molecule has 0 aliphatic heterocycles. The van der Waals surface area contributed by atoms with Crippen molar-refractivity contribution in [3.05, 3.63) is 35.5 Å². The van der Waals surface area contributed by atoms with Gasteiger partial charge < -0.3 is 5.11 Å². The lowest BCUT2D eigenvalue weighted by Gasteiger charge is -2.11. The van der Waals surface area contributed by atoms with Crippen molar-refractivity contribution in [2.45, 2.75) is 13.1 Å². The summed E-state index contributed by atoms with van der Waals surface area (Å²) in [5, 5.41) is 9.37. The van der Waals surface area contributed by atoms with Gasteiger partial charge in [-0.15, -0.1) is 0 Å². The topological polar surface area (TPSA) is 33.1 Å². The number of hydrogen-bond acceptors (Lipinski definition) is 2. The number of nitrogens with zero attached hydrogens (tertiary/aromatic N) is 1. The Bertz CT molecular complexity index is 549. The molecule has 1 aromatic carbocycles. The maximum atomic E-state index is 12.7. The Balaban J connectivity index is 2.89. The van der Waals surface area contributed by atoms with Crippen LogP contribution < -0.4 is 0 Å². The molecule has 0 fully saturated rings. The van der Waals surface area contributed by atoms with E-state index in [0.717, 1.165) is 6.07 Å². The maximum Gasteiger partial charge on any atom is 0.417 e. The molecule has 0 radical (unpaired) electrons. The second kappa shape index (κ2) is 3.37. The van der Waals surface area contributed by atoms with Crippen molar-refractivity contribution < 1.29 is 18.3 Å². The van der Waals surface area contributed by atoms with E-state index in [2.05, 4.69) is 4.98 Å². The lowest BCUT2D eigenvalue weighted by atomic mass is 10.1. The number of aromatic nitrogens is 1. The van der Waals surface area contributed by atoms with Crippen molar-refractivity contribution in [1.82, 2.24) is 4.98 Å². The van der Waals surface area contributed by atoms with E-state index in [-0.39, 0.29) is 22.3 Å². The molecule has 0 aliphatic carbocycles. The van der Waals surface area contributed by atoms with Crippen molar-refractivity contribution >= 4 is 10.9 Å². The summed E-state index contributed by atoms with van der Waals surface area (Å²) in [6.07, 6.45) is -4.44. The second-order valence-electron chi connectivity index (χ2n) is 3.48. The van der Waals surface area contributed by atoms with Gasteiger partial charge in [-0.05, 0) is 19.1 Å². The number of phenolic OH excluding ortho intramolecular Hbond substituents is 1. The summed E-state index contributed by atoms with van der Waals surface area (Å²) in [6.45, 7) is 1.46. The lowest BCUT2D eigenvalue weighted by molar-refractivity contribution is -0.136. The van der Waals surface area contributed by atoms with Gasteiger partial charge in [-0.3, -0.25) is 0 Å². The van der Waals surface area contributed by atoms with E-state index in [4.69, 9.17) is 0 Å². The van der Waals surface area contributed by atoms with E-state index in [1.807, 2.05) is 0 Å².